The fraction of sp³-hybridized carbons (Fsp3) is 0.571. The zero-order chi connectivity index (χ0) is 13.8. The first kappa shape index (κ1) is 14.4. The molecule has 19 heavy (non-hydrogen) atoms. The van der Waals surface area contributed by atoms with E-state index in [1.165, 1.54) is 0 Å². The fourth-order valence-electron chi connectivity index (χ4n) is 2.48. The second-order valence-electron chi connectivity index (χ2n) is 4.71. The van der Waals surface area contributed by atoms with Crippen LogP contribution in [0.1, 0.15) is 24.4 Å². The second-order valence-corrected chi connectivity index (χ2v) is 5.12. The molecule has 4 nitrogen and oxygen atoms in total. The first-order chi connectivity index (χ1) is 9.17. The highest BCUT2D eigenvalue weighted by molar-refractivity contribution is 6.32. The zero-order valence-corrected chi connectivity index (χ0v) is 12.1. The van der Waals surface area contributed by atoms with E-state index in [2.05, 4.69) is 0 Å². The van der Waals surface area contributed by atoms with E-state index in [0.717, 1.165) is 31.6 Å². The van der Waals surface area contributed by atoms with Gasteiger partial charge in [0.05, 0.1) is 19.2 Å². The summed E-state index contributed by atoms with van der Waals surface area (Å²) in [5.74, 6) is 1.59. The Labute approximate surface area is 118 Å². The van der Waals surface area contributed by atoms with E-state index in [-0.39, 0.29) is 6.04 Å². The number of ether oxygens (including phenoxy) is 3. The molecule has 1 heterocycles. The van der Waals surface area contributed by atoms with Gasteiger partial charge >= 0.3 is 0 Å². The lowest BCUT2D eigenvalue weighted by Crippen LogP contribution is -2.27. The van der Waals surface area contributed by atoms with Crippen molar-refractivity contribution >= 4 is 11.6 Å². The van der Waals surface area contributed by atoms with Crippen LogP contribution in [0, 0.1) is 5.92 Å². The van der Waals surface area contributed by atoms with Crippen LogP contribution in [0.25, 0.3) is 0 Å². The highest BCUT2D eigenvalue weighted by Crippen LogP contribution is 2.39. The Balaban J connectivity index is 2.26. The summed E-state index contributed by atoms with van der Waals surface area (Å²) in [5.41, 5.74) is 7.32. The van der Waals surface area contributed by atoms with E-state index in [0.29, 0.717) is 22.4 Å². The molecular weight excluding hydrogens is 266 g/mol. The molecule has 5 heteroatoms. The minimum Gasteiger partial charge on any atom is -0.493 e. The van der Waals surface area contributed by atoms with Crippen LogP contribution in [0.5, 0.6) is 11.5 Å². The fourth-order valence-corrected chi connectivity index (χ4v) is 2.77. The van der Waals surface area contributed by atoms with Crippen molar-refractivity contribution in [2.75, 3.05) is 27.4 Å². The highest BCUT2D eigenvalue weighted by Gasteiger charge is 2.24. The summed E-state index contributed by atoms with van der Waals surface area (Å²) in [6, 6.07) is 3.72. The maximum Gasteiger partial charge on any atom is 0.179 e. The number of rotatable bonds is 4. The van der Waals surface area contributed by atoms with Gasteiger partial charge in [0.15, 0.2) is 11.5 Å². The summed E-state index contributed by atoms with van der Waals surface area (Å²) >= 11 is 6.21. The molecule has 1 fully saturated rings. The van der Waals surface area contributed by atoms with Gasteiger partial charge in [-0.1, -0.05) is 11.6 Å². The molecule has 0 aliphatic carbocycles. The Morgan fingerprint density at radius 1 is 1.26 bits per heavy atom. The predicted octanol–water partition coefficient (Wildman–Crippen LogP) is 2.78. The monoisotopic (exact) mass is 285 g/mol. The molecule has 1 aromatic carbocycles. The Morgan fingerprint density at radius 3 is 2.53 bits per heavy atom. The van der Waals surface area contributed by atoms with Gasteiger partial charge in [0.1, 0.15) is 0 Å². The predicted molar refractivity (Wildman–Crippen MR) is 75.0 cm³/mol. The van der Waals surface area contributed by atoms with Crippen molar-refractivity contribution in [2.24, 2.45) is 11.7 Å². The molecule has 0 radical (unpaired) electrons. The number of benzene rings is 1. The van der Waals surface area contributed by atoms with E-state index in [1.807, 2.05) is 12.1 Å². The third kappa shape index (κ3) is 3.14. The Hall–Kier alpha value is -0.970. The van der Waals surface area contributed by atoms with Crippen molar-refractivity contribution in [3.8, 4) is 11.5 Å². The van der Waals surface area contributed by atoms with Gasteiger partial charge in [-0.3, -0.25) is 0 Å². The van der Waals surface area contributed by atoms with Crippen LogP contribution in [0.4, 0.5) is 0 Å². The molecule has 1 aromatic rings. The second kappa shape index (κ2) is 6.46. The maximum absolute atomic E-state index is 6.34. The van der Waals surface area contributed by atoms with Gasteiger partial charge < -0.3 is 19.9 Å². The van der Waals surface area contributed by atoms with E-state index in [1.54, 1.807) is 14.2 Å². The topological polar surface area (TPSA) is 53.7 Å². The van der Waals surface area contributed by atoms with Crippen LogP contribution < -0.4 is 15.2 Å². The van der Waals surface area contributed by atoms with Crippen LogP contribution in [0.15, 0.2) is 12.1 Å². The quantitative estimate of drug-likeness (QED) is 0.924. The Kier molecular flexibility index (Phi) is 4.91. The van der Waals surface area contributed by atoms with Gasteiger partial charge in [-0.05, 0) is 36.5 Å². The highest BCUT2D eigenvalue weighted by atomic mass is 35.5. The van der Waals surface area contributed by atoms with Gasteiger partial charge in [-0.15, -0.1) is 0 Å². The summed E-state index contributed by atoms with van der Waals surface area (Å²) in [4.78, 5) is 0. The Morgan fingerprint density at radius 2 is 1.95 bits per heavy atom. The van der Waals surface area contributed by atoms with Crippen molar-refractivity contribution < 1.29 is 14.2 Å². The molecule has 0 amide bonds. The molecule has 0 bridgehead atoms. The molecule has 106 valence electrons. The molecule has 0 aromatic heterocycles. The van der Waals surface area contributed by atoms with Crippen LogP contribution >= 0.6 is 11.6 Å². The van der Waals surface area contributed by atoms with Crippen LogP contribution in [0.3, 0.4) is 0 Å². The maximum atomic E-state index is 6.34. The zero-order valence-electron chi connectivity index (χ0n) is 11.3. The van der Waals surface area contributed by atoms with Crippen molar-refractivity contribution in [2.45, 2.75) is 18.9 Å². The lowest BCUT2D eigenvalue weighted by atomic mass is 9.87. The van der Waals surface area contributed by atoms with Crippen LogP contribution in [-0.4, -0.2) is 27.4 Å². The Bertz CT molecular complexity index is 433. The van der Waals surface area contributed by atoms with Gasteiger partial charge in [0.2, 0.25) is 0 Å². The van der Waals surface area contributed by atoms with Crippen molar-refractivity contribution in [3.63, 3.8) is 0 Å². The van der Waals surface area contributed by atoms with Crippen molar-refractivity contribution in [3.05, 3.63) is 22.7 Å². The third-order valence-corrected chi connectivity index (χ3v) is 3.90. The van der Waals surface area contributed by atoms with Crippen LogP contribution in [0.2, 0.25) is 5.02 Å². The summed E-state index contributed by atoms with van der Waals surface area (Å²) in [7, 11) is 3.17. The smallest absolute Gasteiger partial charge is 0.179 e. The van der Waals surface area contributed by atoms with Crippen molar-refractivity contribution in [1.29, 1.82) is 0 Å². The standard InChI is InChI=1S/C14H20ClNO3/c1-17-12-8-10(7-11(15)14(12)18-2)13(16)9-3-5-19-6-4-9/h7-9,13H,3-6,16H2,1-2H3. The van der Waals surface area contributed by atoms with E-state index >= 15 is 0 Å². The number of hydrogen-bond acceptors (Lipinski definition) is 4. The lowest BCUT2D eigenvalue weighted by Gasteiger charge is -2.28. The summed E-state index contributed by atoms with van der Waals surface area (Å²) in [6.45, 7) is 1.55. The summed E-state index contributed by atoms with van der Waals surface area (Å²) in [5, 5.41) is 0.527. The van der Waals surface area contributed by atoms with Crippen molar-refractivity contribution in [1.82, 2.24) is 0 Å². The van der Waals surface area contributed by atoms with Gasteiger partial charge in [-0.25, -0.2) is 0 Å². The molecule has 0 saturated carbocycles. The summed E-state index contributed by atoms with van der Waals surface area (Å²) < 4.78 is 15.9. The normalized spacial score (nSPS) is 18.1. The summed E-state index contributed by atoms with van der Waals surface area (Å²) in [6.07, 6.45) is 1.96. The average Bonchev–Trinajstić information content (AvgIpc) is 2.46. The molecule has 1 unspecified atom stereocenters. The molecule has 1 atom stereocenters. The molecule has 1 aliphatic heterocycles. The number of halogens is 1. The lowest BCUT2D eigenvalue weighted by molar-refractivity contribution is 0.0583. The minimum atomic E-state index is -0.0544. The molecular formula is C14H20ClNO3. The molecule has 1 saturated heterocycles. The minimum absolute atomic E-state index is 0.0544. The molecule has 2 N–H and O–H groups in total. The number of methoxy groups -OCH3 is 2. The molecule has 2 rings (SSSR count). The van der Waals surface area contributed by atoms with E-state index < -0.39 is 0 Å². The van der Waals surface area contributed by atoms with Gasteiger partial charge in [-0.2, -0.15) is 0 Å². The number of hydrogen-bond donors (Lipinski definition) is 1. The van der Waals surface area contributed by atoms with E-state index in [9.17, 15) is 0 Å². The van der Waals surface area contributed by atoms with Crippen LogP contribution in [-0.2, 0) is 4.74 Å². The molecule has 1 aliphatic rings. The third-order valence-electron chi connectivity index (χ3n) is 3.61. The average molecular weight is 286 g/mol. The van der Waals surface area contributed by atoms with Gasteiger partial charge in [0, 0.05) is 19.3 Å². The first-order valence-corrected chi connectivity index (χ1v) is 6.80. The first-order valence-electron chi connectivity index (χ1n) is 6.42. The van der Waals surface area contributed by atoms with Gasteiger partial charge in [0.25, 0.3) is 0 Å². The largest absolute Gasteiger partial charge is 0.493 e. The SMILES string of the molecule is COc1cc(C(N)C2CCOCC2)cc(Cl)c1OC. The molecule has 0 spiro atoms. The number of nitrogens with two attached hydrogens (primary N) is 1. The van der Waals surface area contributed by atoms with E-state index in [4.69, 9.17) is 31.5 Å².